The predicted molar refractivity (Wildman–Crippen MR) is 74.1 cm³/mol. The summed E-state index contributed by atoms with van der Waals surface area (Å²) in [5, 5.41) is 6.52. The molecule has 1 aromatic rings. The summed E-state index contributed by atoms with van der Waals surface area (Å²) in [6.45, 7) is 5.05. The van der Waals surface area contributed by atoms with E-state index in [4.69, 9.17) is 0 Å². The first-order valence-electron chi connectivity index (χ1n) is 6.57. The summed E-state index contributed by atoms with van der Waals surface area (Å²) in [5.41, 5.74) is 0. The zero-order valence-corrected chi connectivity index (χ0v) is 11.6. The van der Waals surface area contributed by atoms with Crippen molar-refractivity contribution in [3.05, 3.63) is 0 Å². The standard InChI is InChI=1S/C12H22N6/c1-5-8-7-9(8)14-11-15-10(13-6-2)16-12(17-11)18(3)4/h8-9H,5-7H2,1-4H3,(H2,13,14,15,16,17). The van der Waals surface area contributed by atoms with Crippen molar-refractivity contribution in [2.24, 2.45) is 5.92 Å². The molecule has 2 N–H and O–H groups in total. The smallest absolute Gasteiger partial charge is 0.231 e. The van der Waals surface area contributed by atoms with E-state index in [2.05, 4.69) is 32.5 Å². The SMILES string of the molecule is CCNc1nc(NC2CC2CC)nc(N(C)C)n1. The highest BCUT2D eigenvalue weighted by Crippen LogP contribution is 2.35. The summed E-state index contributed by atoms with van der Waals surface area (Å²) in [7, 11) is 3.86. The van der Waals surface area contributed by atoms with Gasteiger partial charge in [-0.15, -0.1) is 0 Å². The highest BCUT2D eigenvalue weighted by atomic mass is 15.3. The zero-order chi connectivity index (χ0) is 13.1. The molecule has 0 aliphatic heterocycles. The third-order valence-corrected chi connectivity index (χ3v) is 3.12. The number of hydrogen-bond acceptors (Lipinski definition) is 6. The first-order valence-corrected chi connectivity index (χ1v) is 6.57. The van der Waals surface area contributed by atoms with E-state index in [1.807, 2.05) is 25.9 Å². The van der Waals surface area contributed by atoms with Gasteiger partial charge in [0.1, 0.15) is 0 Å². The molecule has 1 fully saturated rings. The van der Waals surface area contributed by atoms with E-state index in [0.29, 0.717) is 23.9 Å². The van der Waals surface area contributed by atoms with Crippen molar-refractivity contribution >= 4 is 17.8 Å². The van der Waals surface area contributed by atoms with Crippen molar-refractivity contribution < 1.29 is 0 Å². The van der Waals surface area contributed by atoms with Crippen LogP contribution in [0.15, 0.2) is 0 Å². The molecule has 0 spiro atoms. The van der Waals surface area contributed by atoms with Gasteiger partial charge in [0.15, 0.2) is 0 Å². The lowest BCUT2D eigenvalue weighted by Crippen LogP contribution is -2.18. The summed E-state index contributed by atoms with van der Waals surface area (Å²) in [6.07, 6.45) is 2.43. The Balaban J connectivity index is 2.12. The molecule has 0 aromatic carbocycles. The number of anilines is 3. The second kappa shape index (κ2) is 5.37. The normalized spacial score (nSPS) is 21.6. The van der Waals surface area contributed by atoms with Crippen LogP contribution in [0.1, 0.15) is 26.7 Å². The summed E-state index contributed by atoms with van der Waals surface area (Å²) >= 11 is 0. The molecule has 2 unspecified atom stereocenters. The third kappa shape index (κ3) is 3.00. The van der Waals surface area contributed by atoms with Crippen molar-refractivity contribution in [3.8, 4) is 0 Å². The molecular formula is C12H22N6. The van der Waals surface area contributed by atoms with E-state index in [9.17, 15) is 0 Å². The second-order valence-electron chi connectivity index (χ2n) is 4.86. The van der Waals surface area contributed by atoms with E-state index in [1.165, 1.54) is 12.8 Å². The molecule has 1 aromatic heterocycles. The Morgan fingerprint density at radius 1 is 1.17 bits per heavy atom. The van der Waals surface area contributed by atoms with E-state index < -0.39 is 0 Å². The highest BCUT2D eigenvalue weighted by Gasteiger charge is 2.35. The Hall–Kier alpha value is -1.59. The first-order chi connectivity index (χ1) is 8.63. The van der Waals surface area contributed by atoms with Crippen LogP contribution >= 0.6 is 0 Å². The minimum atomic E-state index is 0.530. The van der Waals surface area contributed by atoms with E-state index in [1.54, 1.807) is 0 Å². The average molecular weight is 250 g/mol. The second-order valence-corrected chi connectivity index (χ2v) is 4.86. The zero-order valence-electron chi connectivity index (χ0n) is 11.6. The molecule has 18 heavy (non-hydrogen) atoms. The van der Waals surface area contributed by atoms with Crippen LogP contribution in [0.5, 0.6) is 0 Å². The molecule has 100 valence electrons. The number of rotatable bonds is 6. The summed E-state index contributed by atoms with van der Waals surface area (Å²) in [4.78, 5) is 15.0. The predicted octanol–water partition coefficient (Wildman–Crippen LogP) is 1.58. The van der Waals surface area contributed by atoms with Crippen molar-refractivity contribution in [2.45, 2.75) is 32.7 Å². The van der Waals surface area contributed by atoms with Crippen LogP contribution < -0.4 is 15.5 Å². The number of hydrogen-bond donors (Lipinski definition) is 2. The highest BCUT2D eigenvalue weighted by molar-refractivity contribution is 5.44. The Morgan fingerprint density at radius 2 is 1.89 bits per heavy atom. The van der Waals surface area contributed by atoms with Crippen LogP contribution in [0.2, 0.25) is 0 Å². The molecule has 2 atom stereocenters. The molecule has 2 rings (SSSR count). The lowest BCUT2D eigenvalue weighted by molar-refractivity contribution is 0.770. The molecule has 1 aliphatic rings. The Morgan fingerprint density at radius 3 is 2.44 bits per heavy atom. The molecule has 1 aliphatic carbocycles. The van der Waals surface area contributed by atoms with Crippen LogP contribution in [0, 0.1) is 5.92 Å². The minimum absolute atomic E-state index is 0.530. The maximum Gasteiger partial charge on any atom is 0.231 e. The number of aromatic nitrogens is 3. The van der Waals surface area contributed by atoms with Gasteiger partial charge in [0.05, 0.1) is 0 Å². The fourth-order valence-corrected chi connectivity index (χ4v) is 1.91. The summed E-state index contributed by atoms with van der Waals surface area (Å²) in [6, 6.07) is 0.530. The van der Waals surface area contributed by atoms with Gasteiger partial charge in [0.2, 0.25) is 17.8 Å². The fourth-order valence-electron chi connectivity index (χ4n) is 1.91. The van der Waals surface area contributed by atoms with Gasteiger partial charge < -0.3 is 15.5 Å². The molecule has 0 bridgehead atoms. The molecule has 6 nitrogen and oxygen atoms in total. The molecule has 6 heteroatoms. The first kappa shape index (κ1) is 12.9. The van der Waals surface area contributed by atoms with Crippen LogP contribution in [-0.2, 0) is 0 Å². The maximum absolute atomic E-state index is 4.42. The van der Waals surface area contributed by atoms with E-state index >= 15 is 0 Å². The van der Waals surface area contributed by atoms with Crippen molar-refractivity contribution in [3.63, 3.8) is 0 Å². The van der Waals surface area contributed by atoms with Crippen LogP contribution in [0.3, 0.4) is 0 Å². The van der Waals surface area contributed by atoms with Crippen LogP contribution in [-0.4, -0.2) is 41.6 Å². The van der Waals surface area contributed by atoms with E-state index in [-0.39, 0.29) is 0 Å². The lowest BCUT2D eigenvalue weighted by atomic mass is 10.3. The van der Waals surface area contributed by atoms with Gasteiger partial charge in [-0.3, -0.25) is 0 Å². The topological polar surface area (TPSA) is 66.0 Å². The average Bonchev–Trinajstić information content (AvgIpc) is 3.07. The van der Waals surface area contributed by atoms with Gasteiger partial charge in [0.25, 0.3) is 0 Å². The molecule has 0 radical (unpaired) electrons. The molecule has 1 heterocycles. The summed E-state index contributed by atoms with van der Waals surface area (Å²) in [5.74, 6) is 2.75. The van der Waals surface area contributed by atoms with Gasteiger partial charge in [0, 0.05) is 26.7 Å². The van der Waals surface area contributed by atoms with Crippen LogP contribution in [0.25, 0.3) is 0 Å². The van der Waals surface area contributed by atoms with Gasteiger partial charge in [-0.2, -0.15) is 15.0 Å². The van der Waals surface area contributed by atoms with Gasteiger partial charge in [-0.25, -0.2) is 0 Å². The fraction of sp³-hybridized carbons (Fsp3) is 0.750. The number of nitrogens with zero attached hydrogens (tertiary/aromatic N) is 4. The third-order valence-electron chi connectivity index (χ3n) is 3.12. The van der Waals surface area contributed by atoms with Gasteiger partial charge in [-0.05, 0) is 19.3 Å². The Kier molecular flexibility index (Phi) is 3.84. The maximum atomic E-state index is 4.42. The van der Waals surface area contributed by atoms with E-state index in [0.717, 1.165) is 12.5 Å². The van der Waals surface area contributed by atoms with Crippen molar-refractivity contribution in [1.29, 1.82) is 0 Å². The largest absolute Gasteiger partial charge is 0.354 e. The molecule has 1 saturated carbocycles. The van der Waals surface area contributed by atoms with Gasteiger partial charge >= 0.3 is 0 Å². The molecular weight excluding hydrogens is 228 g/mol. The number of nitrogens with one attached hydrogen (secondary N) is 2. The lowest BCUT2D eigenvalue weighted by Gasteiger charge is -2.13. The Labute approximate surface area is 108 Å². The summed E-state index contributed by atoms with van der Waals surface area (Å²) < 4.78 is 0. The Bertz CT molecular complexity index is 406. The van der Waals surface area contributed by atoms with Gasteiger partial charge in [-0.1, -0.05) is 13.3 Å². The minimum Gasteiger partial charge on any atom is -0.354 e. The van der Waals surface area contributed by atoms with Crippen molar-refractivity contribution in [1.82, 2.24) is 15.0 Å². The quantitative estimate of drug-likeness (QED) is 0.799. The monoisotopic (exact) mass is 250 g/mol. The molecule has 0 saturated heterocycles. The van der Waals surface area contributed by atoms with Crippen molar-refractivity contribution in [2.75, 3.05) is 36.2 Å². The molecule has 0 amide bonds. The van der Waals surface area contributed by atoms with Crippen LogP contribution in [0.4, 0.5) is 17.8 Å².